The van der Waals surface area contributed by atoms with Crippen LogP contribution in [0.25, 0.3) is 21.7 Å². The van der Waals surface area contributed by atoms with Gasteiger partial charge in [-0.3, -0.25) is 5.32 Å². The zero-order valence-corrected chi connectivity index (χ0v) is 16.8. The molecule has 26 heavy (non-hydrogen) atoms. The van der Waals surface area contributed by atoms with Crippen molar-refractivity contribution in [3.63, 3.8) is 0 Å². The third-order valence-electron chi connectivity index (χ3n) is 4.74. The molecule has 1 aliphatic heterocycles. The molecule has 0 saturated carbocycles. The number of methoxy groups -OCH3 is 1. The van der Waals surface area contributed by atoms with Crippen molar-refractivity contribution >= 4 is 38.5 Å². The van der Waals surface area contributed by atoms with Crippen molar-refractivity contribution in [3.05, 3.63) is 35.2 Å². The van der Waals surface area contributed by atoms with Crippen molar-refractivity contribution < 1.29 is 9.84 Å². The van der Waals surface area contributed by atoms with Crippen LogP contribution in [0.5, 0.6) is 5.75 Å². The lowest BCUT2D eigenvalue weighted by Crippen LogP contribution is -2.28. The van der Waals surface area contributed by atoms with E-state index in [-0.39, 0.29) is 0 Å². The quantitative estimate of drug-likeness (QED) is 0.407. The highest BCUT2D eigenvalue weighted by Crippen LogP contribution is 2.33. The largest absolute Gasteiger partial charge is 0.494 e. The van der Waals surface area contributed by atoms with Gasteiger partial charge in [-0.2, -0.15) is 0 Å². The number of aromatic amines is 1. The normalized spacial score (nSPS) is 19.3. The Labute approximate surface area is 164 Å². The number of thiophene rings is 1. The Hall–Kier alpha value is -1.45. The molecule has 1 saturated heterocycles. The van der Waals surface area contributed by atoms with Crippen LogP contribution < -0.4 is 10.1 Å². The van der Waals surface area contributed by atoms with E-state index in [2.05, 4.69) is 30.4 Å². The van der Waals surface area contributed by atoms with Gasteiger partial charge in [-0.05, 0) is 35.9 Å². The molecule has 6 nitrogen and oxygen atoms in total. The molecule has 3 heterocycles. The minimum absolute atomic E-state index is 0.527. The van der Waals surface area contributed by atoms with E-state index in [0.717, 1.165) is 59.1 Å². The van der Waals surface area contributed by atoms with Gasteiger partial charge in [-0.1, -0.05) is 6.07 Å². The lowest BCUT2D eigenvalue weighted by Gasteiger charge is -2.17. The number of halogens is 1. The number of nitrogens with one attached hydrogen (secondary N) is 2. The van der Waals surface area contributed by atoms with Crippen molar-refractivity contribution in [2.75, 3.05) is 26.7 Å². The van der Waals surface area contributed by atoms with Crippen LogP contribution in [0, 0.1) is 5.92 Å². The third-order valence-corrected chi connectivity index (χ3v) is 6.26. The van der Waals surface area contributed by atoms with Gasteiger partial charge in [-0.15, -0.1) is 11.3 Å². The minimum Gasteiger partial charge on any atom is -0.494 e. The fourth-order valence-corrected chi connectivity index (χ4v) is 4.63. The fourth-order valence-electron chi connectivity index (χ4n) is 3.35. The van der Waals surface area contributed by atoms with E-state index in [1.807, 2.05) is 29.6 Å². The second-order valence-corrected chi connectivity index (χ2v) is 8.43. The summed E-state index contributed by atoms with van der Waals surface area (Å²) in [4.78, 5) is 9.13. The number of fused-ring (bicyclic) bond motifs is 1. The maximum Gasteiger partial charge on any atom is 0.148 e. The highest BCUT2D eigenvalue weighted by atomic mass is 79.9. The number of imidazole rings is 1. The monoisotopic (exact) mass is 436 g/mol. The molecule has 2 unspecified atom stereocenters. The molecule has 1 fully saturated rings. The van der Waals surface area contributed by atoms with Crippen LogP contribution in [-0.4, -0.2) is 45.7 Å². The van der Waals surface area contributed by atoms with Crippen molar-refractivity contribution in [2.45, 2.75) is 12.6 Å². The number of aliphatic hydroxyl groups excluding tert-OH is 1. The topological polar surface area (TPSA) is 73.4 Å². The number of hydrogen-bond acceptors (Lipinski definition) is 6. The first kappa shape index (κ1) is 17.9. The van der Waals surface area contributed by atoms with Crippen LogP contribution in [0.15, 0.2) is 29.6 Å². The average Bonchev–Trinajstić information content (AvgIpc) is 3.38. The molecule has 2 aromatic heterocycles. The summed E-state index contributed by atoms with van der Waals surface area (Å²) in [6, 6.07) is 7.77. The van der Waals surface area contributed by atoms with Crippen LogP contribution in [0.2, 0.25) is 0 Å². The molecule has 0 bridgehead atoms. The lowest BCUT2D eigenvalue weighted by atomic mass is 10.1. The van der Waals surface area contributed by atoms with Gasteiger partial charge in [0, 0.05) is 41.3 Å². The molecule has 0 amide bonds. The minimum atomic E-state index is -0.771. The van der Waals surface area contributed by atoms with Crippen molar-refractivity contribution in [3.8, 4) is 16.5 Å². The van der Waals surface area contributed by atoms with E-state index in [1.165, 1.54) is 0 Å². The highest BCUT2D eigenvalue weighted by Gasteiger charge is 2.23. The van der Waals surface area contributed by atoms with E-state index >= 15 is 0 Å². The molecule has 0 aliphatic carbocycles. The van der Waals surface area contributed by atoms with Crippen molar-refractivity contribution in [2.24, 2.45) is 5.92 Å². The van der Waals surface area contributed by atoms with E-state index in [9.17, 15) is 5.11 Å². The second-order valence-electron chi connectivity index (χ2n) is 6.48. The Bertz CT molecular complexity index is 883. The average molecular weight is 437 g/mol. The van der Waals surface area contributed by atoms with Gasteiger partial charge in [0.2, 0.25) is 0 Å². The Kier molecular flexibility index (Phi) is 5.28. The number of benzene rings is 1. The highest BCUT2D eigenvalue weighted by molar-refractivity contribution is 9.07. The van der Waals surface area contributed by atoms with Gasteiger partial charge in [0.05, 0.1) is 17.5 Å². The van der Waals surface area contributed by atoms with Crippen LogP contribution in [0.4, 0.5) is 0 Å². The molecule has 1 aliphatic rings. The Morgan fingerprint density at radius 2 is 2.38 bits per heavy atom. The number of nitrogens with zero attached hydrogens (tertiary/aromatic N) is 2. The number of hydrogen-bond donors (Lipinski definition) is 3. The van der Waals surface area contributed by atoms with E-state index in [0.29, 0.717) is 5.92 Å². The smallest absolute Gasteiger partial charge is 0.148 e. The summed E-state index contributed by atoms with van der Waals surface area (Å²) in [6.45, 7) is 2.79. The predicted octanol–water partition coefficient (Wildman–Crippen LogP) is 3.51. The first-order chi connectivity index (χ1) is 12.7. The Morgan fingerprint density at radius 3 is 3.08 bits per heavy atom. The Morgan fingerprint density at radius 1 is 1.50 bits per heavy atom. The van der Waals surface area contributed by atoms with E-state index in [4.69, 9.17) is 9.72 Å². The van der Waals surface area contributed by atoms with Gasteiger partial charge in [0.25, 0.3) is 0 Å². The van der Waals surface area contributed by atoms with Gasteiger partial charge in [0.15, 0.2) is 0 Å². The number of aromatic nitrogens is 2. The molecular weight excluding hydrogens is 416 g/mol. The molecular formula is C18H21BrN4O2S. The van der Waals surface area contributed by atoms with Crippen LogP contribution >= 0.6 is 27.5 Å². The second kappa shape index (κ2) is 7.66. The van der Waals surface area contributed by atoms with Gasteiger partial charge >= 0.3 is 0 Å². The zero-order chi connectivity index (χ0) is 18.1. The molecule has 4 rings (SSSR count). The molecule has 138 valence electrons. The SMILES string of the molecule is COc1ccc(C(O)NCC2CCN(Br)C2)c2nc(-c3cccs3)[nH]c12. The number of ether oxygens (including phenoxy) is 1. The van der Waals surface area contributed by atoms with E-state index in [1.54, 1.807) is 18.4 Å². The molecule has 0 radical (unpaired) electrons. The summed E-state index contributed by atoms with van der Waals surface area (Å²) in [5.74, 6) is 2.04. The molecule has 0 spiro atoms. The summed E-state index contributed by atoms with van der Waals surface area (Å²) >= 11 is 5.14. The first-order valence-electron chi connectivity index (χ1n) is 8.58. The van der Waals surface area contributed by atoms with Crippen molar-refractivity contribution in [1.82, 2.24) is 19.2 Å². The summed E-state index contributed by atoms with van der Waals surface area (Å²) < 4.78 is 7.60. The van der Waals surface area contributed by atoms with Crippen LogP contribution in [0.1, 0.15) is 18.2 Å². The molecule has 1 aromatic carbocycles. The third kappa shape index (κ3) is 3.52. The number of H-pyrrole nitrogens is 1. The summed E-state index contributed by atoms with van der Waals surface area (Å²) in [7, 11) is 1.64. The van der Waals surface area contributed by atoms with E-state index < -0.39 is 6.23 Å². The van der Waals surface area contributed by atoms with Crippen molar-refractivity contribution in [1.29, 1.82) is 0 Å². The summed E-state index contributed by atoms with van der Waals surface area (Å²) in [5.41, 5.74) is 2.30. The maximum atomic E-state index is 10.7. The molecule has 8 heteroatoms. The summed E-state index contributed by atoms with van der Waals surface area (Å²) in [5, 5.41) is 16.0. The summed E-state index contributed by atoms with van der Waals surface area (Å²) in [6.07, 6.45) is 0.348. The fraction of sp³-hybridized carbons (Fsp3) is 0.389. The molecule has 2 atom stereocenters. The van der Waals surface area contributed by atoms with Crippen LogP contribution in [-0.2, 0) is 0 Å². The molecule has 3 N–H and O–H groups in total. The van der Waals surface area contributed by atoms with Gasteiger partial charge in [-0.25, -0.2) is 8.91 Å². The molecule has 3 aromatic rings. The Balaban J connectivity index is 1.61. The zero-order valence-electron chi connectivity index (χ0n) is 14.4. The number of rotatable bonds is 6. The van der Waals surface area contributed by atoms with Crippen LogP contribution in [0.3, 0.4) is 0 Å². The predicted molar refractivity (Wildman–Crippen MR) is 108 cm³/mol. The first-order valence-corrected chi connectivity index (χ1v) is 10.2. The maximum absolute atomic E-state index is 10.7. The number of aliphatic hydroxyl groups is 1. The van der Waals surface area contributed by atoms with Gasteiger partial charge in [0.1, 0.15) is 23.3 Å². The van der Waals surface area contributed by atoms with Gasteiger partial charge < -0.3 is 14.8 Å². The standard InChI is InChI=1S/C18H21BrN4O2S/c1-25-13-5-4-12(18(24)20-9-11-6-7-23(19)10-11)15-16(13)22-17(21-15)14-3-2-8-26-14/h2-5,8,11,18,20,24H,6-7,9-10H2,1H3,(H,21,22). The lowest BCUT2D eigenvalue weighted by molar-refractivity contribution is 0.134.